The van der Waals surface area contributed by atoms with Gasteiger partial charge in [-0.25, -0.2) is 13.1 Å². The fraction of sp³-hybridized carbons (Fsp3) is 0.591. The number of ketones is 1. The summed E-state index contributed by atoms with van der Waals surface area (Å²) >= 11 is 0. The van der Waals surface area contributed by atoms with E-state index in [9.17, 15) is 13.2 Å². The molecular weight excluding hydrogens is 388 g/mol. The lowest BCUT2D eigenvalue weighted by Gasteiger charge is -2.36. The van der Waals surface area contributed by atoms with E-state index in [4.69, 9.17) is 4.74 Å². The second-order valence-electron chi connectivity index (χ2n) is 9.71. The van der Waals surface area contributed by atoms with E-state index < -0.39 is 15.6 Å². The SMILES string of the molecule is CC(C)(C)NS(=O)(=O)c1ccc2c(c1)C(=CC(=O)C1CCOCC1)NC(C)(C)C2. The van der Waals surface area contributed by atoms with Crippen LogP contribution in [0.3, 0.4) is 0 Å². The maximum absolute atomic E-state index is 12.9. The summed E-state index contributed by atoms with van der Waals surface area (Å²) in [6, 6.07) is 5.18. The quantitative estimate of drug-likeness (QED) is 0.732. The Kier molecular flexibility index (Phi) is 5.96. The summed E-state index contributed by atoms with van der Waals surface area (Å²) in [5, 5.41) is 3.44. The van der Waals surface area contributed by atoms with Gasteiger partial charge in [0, 0.05) is 47.5 Å². The van der Waals surface area contributed by atoms with Gasteiger partial charge in [-0.05, 0) is 71.6 Å². The molecule has 29 heavy (non-hydrogen) atoms. The first kappa shape index (κ1) is 22.0. The number of allylic oxidation sites excluding steroid dienone is 1. The molecule has 7 heteroatoms. The third-order valence-electron chi connectivity index (χ3n) is 5.14. The first-order valence-corrected chi connectivity index (χ1v) is 11.6. The summed E-state index contributed by atoms with van der Waals surface area (Å²) in [6.45, 7) is 10.8. The number of hydrogen-bond donors (Lipinski definition) is 2. The maximum Gasteiger partial charge on any atom is 0.241 e. The van der Waals surface area contributed by atoms with E-state index >= 15 is 0 Å². The van der Waals surface area contributed by atoms with Gasteiger partial charge in [-0.2, -0.15) is 0 Å². The molecule has 160 valence electrons. The van der Waals surface area contributed by atoms with Crippen LogP contribution in [0.1, 0.15) is 58.6 Å². The van der Waals surface area contributed by atoms with Crippen LogP contribution in [-0.4, -0.2) is 38.5 Å². The van der Waals surface area contributed by atoms with Crippen LogP contribution in [0.2, 0.25) is 0 Å². The number of carbonyl (C=O) groups excluding carboxylic acids is 1. The molecule has 1 aromatic carbocycles. The molecule has 0 spiro atoms. The average Bonchev–Trinajstić information content (AvgIpc) is 2.59. The molecule has 0 atom stereocenters. The zero-order valence-electron chi connectivity index (χ0n) is 18.0. The van der Waals surface area contributed by atoms with Crippen LogP contribution in [0.4, 0.5) is 0 Å². The molecule has 2 heterocycles. The lowest BCUT2D eigenvalue weighted by Crippen LogP contribution is -2.44. The summed E-state index contributed by atoms with van der Waals surface area (Å²) in [5.41, 5.74) is 1.71. The third-order valence-corrected chi connectivity index (χ3v) is 6.89. The highest BCUT2D eigenvalue weighted by atomic mass is 32.2. The van der Waals surface area contributed by atoms with Crippen LogP contribution >= 0.6 is 0 Å². The lowest BCUT2D eigenvalue weighted by atomic mass is 9.85. The Morgan fingerprint density at radius 2 is 1.90 bits per heavy atom. The zero-order valence-corrected chi connectivity index (χ0v) is 18.8. The molecule has 2 aliphatic heterocycles. The van der Waals surface area contributed by atoms with Gasteiger partial charge in [0.2, 0.25) is 10.0 Å². The van der Waals surface area contributed by atoms with Crippen LogP contribution in [-0.2, 0) is 26.0 Å². The summed E-state index contributed by atoms with van der Waals surface area (Å²) in [6.07, 6.45) is 3.85. The van der Waals surface area contributed by atoms with Gasteiger partial charge < -0.3 is 10.1 Å². The summed E-state index contributed by atoms with van der Waals surface area (Å²) < 4.78 is 33.7. The number of carbonyl (C=O) groups is 1. The first-order chi connectivity index (χ1) is 13.4. The van der Waals surface area contributed by atoms with Gasteiger partial charge >= 0.3 is 0 Å². The van der Waals surface area contributed by atoms with Gasteiger partial charge in [-0.15, -0.1) is 0 Å². The van der Waals surface area contributed by atoms with E-state index in [2.05, 4.69) is 23.9 Å². The van der Waals surface area contributed by atoms with Gasteiger partial charge in [0.15, 0.2) is 5.78 Å². The molecule has 2 aliphatic rings. The third kappa shape index (κ3) is 5.47. The molecule has 1 aromatic rings. The van der Waals surface area contributed by atoms with Gasteiger partial charge in [-0.1, -0.05) is 6.07 Å². The molecule has 0 bridgehead atoms. The van der Waals surface area contributed by atoms with E-state index in [0.717, 1.165) is 30.4 Å². The normalized spacial score (nSPS) is 21.5. The van der Waals surface area contributed by atoms with Crippen molar-refractivity contribution in [2.24, 2.45) is 5.92 Å². The Balaban J connectivity index is 2.00. The number of hydrogen-bond acceptors (Lipinski definition) is 5. The molecule has 1 saturated heterocycles. The van der Waals surface area contributed by atoms with Gasteiger partial charge in [0.05, 0.1) is 4.90 Å². The van der Waals surface area contributed by atoms with Crippen LogP contribution in [0, 0.1) is 5.92 Å². The molecule has 6 nitrogen and oxygen atoms in total. The molecule has 0 unspecified atom stereocenters. The van der Waals surface area contributed by atoms with Crippen molar-refractivity contribution in [2.45, 2.75) is 69.9 Å². The first-order valence-electron chi connectivity index (χ1n) is 10.2. The fourth-order valence-corrected chi connectivity index (χ4v) is 5.34. The van der Waals surface area contributed by atoms with E-state index in [1.807, 2.05) is 26.8 Å². The lowest BCUT2D eigenvalue weighted by molar-refractivity contribution is -0.120. The number of fused-ring (bicyclic) bond motifs is 1. The Morgan fingerprint density at radius 1 is 1.24 bits per heavy atom. The van der Waals surface area contributed by atoms with Gasteiger partial charge in [0.1, 0.15) is 0 Å². The number of nitrogens with one attached hydrogen (secondary N) is 2. The Hall–Kier alpha value is -1.70. The van der Waals surface area contributed by atoms with E-state index in [1.54, 1.807) is 18.2 Å². The average molecular weight is 421 g/mol. The Bertz CT molecular complexity index is 921. The molecule has 0 saturated carbocycles. The van der Waals surface area contributed by atoms with E-state index in [0.29, 0.717) is 18.9 Å². The van der Waals surface area contributed by atoms with Crippen LogP contribution in [0.5, 0.6) is 0 Å². The minimum absolute atomic E-state index is 0.0407. The number of ether oxygens (including phenoxy) is 1. The molecule has 1 fully saturated rings. The minimum atomic E-state index is -3.66. The maximum atomic E-state index is 12.9. The minimum Gasteiger partial charge on any atom is -0.381 e. The van der Waals surface area contributed by atoms with E-state index in [1.165, 1.54) is 0 Å². The monoisotopic (exact) mass is 420 g/mol. The zero-order chi connectivity index (χ0) is 21.4. The van der Waals surface area contributed by atoms with Gasteiger partial charge in [-0.3, -0.25) is 4.79 Å². The van der Waals surface area contributed by atoms with Crippen LogP contribution < -0.4 is 10.0 Å². The highest BCUT2D eigenvalue weighted by Crippen LogP contribution is 2.32. The molecular formula is C22H32N2O4S. The number of benzene rings is 1. The highest BCUT2D eigenvalue weighted by Gasteiger charge is 2.31. The second-order valence-corrected chi connectivity index (χ2v) is 11.4. The van der Waals surface area contributed by atoms with Crippen molar-refractivity contribution in [3.63, 3.8) is 0 Å². The van der Waals surface area contributed by atoms with Crippen molar-refractivity contribution >= 4 is 21.5 Å². The standard InChI is InChI=1S/C22H32N2O4S/c1-21(2,3)24-29(26,27)17-7-6-16-14-22(4,5)23-19(18(16)12-17)13-20(25)15-8-10-28-11-9-15/h6-7,12-13,15,23-24H,8-11,14H2,1-5H3. The van der Waals surface area contributed by atoms with Crippen molar-refractivity contribution in [1.82, 2.24) is 10.0 Å². The summed E-state index contributed by atoms with van der Waals surface area (Å²) in [5.74, 6) is 0.0292. The summed E-state index contributed by atoms with van der Waals surface area (Å²) in [7, 11) is -3.66. The molecule has 0 radical (unpaired) electrons. The number of rotatable bonds is 4. The Labute approximate surface area is 174 Å². The fourth-order valence-electron chi connectivity index (χ4n) is 3.90. The largest absolute Gasteiger partial charge is 0.381 e. The van der Waals surface area contributed by atoms with Crippen LogP contribution in [0.15, 0.2) is 29.2 Å². The molecule has 3 rings (SSSR count). The van der Waals surface area contributed by atoms with Crippen molar-refractivity contribution < 1.29 is 17.9 Å². The molecule has 0 amide bonds. The second kappa shape index (κ2) is 7.85. The van der Waals surface area contributed by atoms with E-state index in [-0.39, 0.29) is 22.1 Å². The van der Waals surface area contributed by atoms with Gasteiger partial charge in [0.25, 0.3) is 0 Å². The summed E-state index contributed by atoms with van der Waals surface area (Å²) in [4.78, 5) is 13.1. The number of sulfonamides is 1. The van der Waals surface area contributed by atoms with Crippen molar-refractivity contribution in [1.29, 1.82) is 0 Å². The van der Waals surface area contributed by atoms with Crippen molar-refractivity contribution in [2.75, 3.05) is 13.2 Å². The predicted molar refractivity (Wildman–Crippen MR) is 114 cm³/mol. The Morgan fingerprint density at radius 3 is 2.52 bits per heavy atom. The van der Waals surface area contributed by atoms with Crippen molar-refractivity contribution in [3.8, 4) is 0 Å². The highest BCUT2D eigenvalue weighted by molar-refractivity contribution is 7.89. The molecule has 0 aliphatic carbocycles. The van der Waals surface area contributed by atoms with Crippen molar-refractivity contribution in [3.05, 3.63) is 35.4 Å². The molecule has 2 N–H and O–H groups in total. The predicted octanol–water partition coefficient (Wildman–Crippen LogP) is 3.02. The topological polar surface area (TPSA) is 84.5 Å². The van der Waals surface area contributed by atoms with Crippen LogP contribution in [0.25, 0.3) is 5.70 Å². The molecule has 0 aromatic heterocycles. The smallest absolute Gasteiger partial charge is 0.241 e.